The predicted octanol–water partition coefficient (Wildman–Crippen LogP) is 9.93. The minimum absolute atomic E-state index is 0.308. The van der Waals surface area contributed by atoms with Crippen molar-refractivity contribution in [2.45, 2.75) is 225 Å². The summed E-state index contributed by atoms with van der Waals surface area (Å²) < 4.78 is 0. The van der Waals surface area contributed by atoms with Gasteiger partial charge in [0.25, 0.3) is 0 Å². The molecule has 0 aliphatic heterocycles. The van der Waals surface area contributed by atoms with E-state index in [4.69, 9.17) is 0 Å². The van der Waals surface area contributed by atoms with Gasteiger partial charge in [-0.15, -0.1) is 0 Å². The van der Waals surface area contributed by atoms with Crippen LogP contribution in [-0.2, 0) is 4.79 Å². The van der Waals surface area contributed by atoms with E-state index in [0.29, 0.717) is 12.8 Å². The first-order valence-electron chi connectivity index (χ1n) is 18.8. The largest absolute Gasteiger partial charge is 0.394 e. The summed E-state index contributed by atoms with van der Waals surface area (Å²) in [4.78, 5) is 12.4. The third-order valence-corrected chi connectivity index (χ3v) is 8.98. The average Bonchev–Trinajstić information content (AvgIpc) is 2.99. The highest BCUT2D eigenvalue weighted by molar-refractivity contribution is 5.80. The summed E-state index contributed by atoms with van der Waals surface area (Å²) >= 11 is 0. The van der Waals surface area contributed by atoms with Gasteiger partial charge in [-0.05, 0) is 12.8 Å². The van der Waals surface area contributed by atoms with Gasteiger partial charge in [-0.1, -0.05) is 194 Å². The van der Waals surface area contributed by atoms with Crippen molar-refractivity contribution in [3.05, 3.63) is 0 Å². The molecule has 0 radical (unpaired) electrons. The quantitative estimate of drug-likeness (QED) is 0.0556. The van der Waals surface area contributed by atoms with Crippen molar-refractivity contribution in [3.8, 4) is 0 Å². The van der Waals surface area contributed by atoms with E-state index < -0.39 is 24.2 Å². The SMILES string of the molecule is CCCCCCCCCCCCCCCCC(O)C(=O)NC(CO)C(O)CCCCCCCCCCCCCCCC. The van der Waals surface area contributed by atoms with Crippen molar-refractivity contribution in [2.24, 2.45) is 0 Å². The summed E-state index contributed by atoms with van der Waals surface area (Å²) in [6, 6.07) is -0.703. The Labute approximate surface area is 262 Å². The van der Waals surface area contributed by atoms with Crippen LogP contribution < -0.4 is 5.32 Å². The molecule has 0 aromatic carbocycles. The number of hydrogen-bond donors (Lipinski definition) is 4. The molecule has 252 valence electrons. The van der Waals surface area contributed by atoms with E-state index in [9.17, 15) is 20.1 Å². The number of rotatable bonds is 34. The smallest absolute Gasteiger partial charge is 0.249 e. The van der Waals surface area contributed by atoms with Crippen LogP contribution in [0.25, 0.3) is 0 Å². The fraction of sp³-hybridized carbons (Fsp3) is 0.973. The lowest BCUT2D eigenvalue weighted by Gasteiger charge is -2.23. The van der Waals surface area contributed by atoms with Crippen LogP contribution in [0.3, 0.4) is 0 Å². The van der Waals surface area contributed by atoms with Crippen LogP contribution in [0.1, 0.15) is 206 Å². The Bertz CT molecular complexity index is 544. The molecule has 0 aliphatic rings. The molecule has 0 heterocycles. The third kappa shape index (κ3) is 28.1. The van der Waals surface area contributed by atoms with Crippen LogP contribution >= 0.6 is 0 Å². The molecule has 0 saturated carbocycles. The molecule has 4 N–H and O–H groups in total. The first-order valence-corrected chi connectivity index (χ1v) is 18.8. The second-order valence-electron chi connectivity index (χ2n) is 13.2. The zero-order valence-corrected chi connectivity index (χ0v) is 28.4. The van der Waals surface area contributed by atoms with E-state index in [-0.39, 0.29) is 6.61 Å². The lowest BCUT2D eigenvalue weighted by Crippen LogP contribution is -2.49. The summed E-state index contributed by atoms with van der Waals surface area (Å²) in [6.45, 7) is 4.22. The Kier molecular flexibility index (Phi) is 32.7. The van der Waals surface area contributed by atoms with E-state index in [2.05, 4.69) is 19.2 Å². The summed E-state index contributed by atoms with van der Waals surface area (Å²) in [5.41, 5.74) is 0. The molecule has 0 fully saturated rings. The number of carbonyl (C=O) groups is 1. The van der Waals surface area contributed by atoms with Gasteiger partial charge in [-0.25, -0.2) is 0 Å². The zero-order valence-electron chi connectivity index (χ0n) is 28.4. The summed E-state index contributed by atoms with van der Waals surface area (Å²) in [7, 11) is 0. The van der Waals surface area contributed by atoms with Crippen molar-refractivity contribution >= 4 is 5.91 Å². The van der Waals surface area contributed by atoms with Crippen molar-refractivity contribution in [1.29, 1.82) is 0 Å². The molecule has 3 atom stereocenters. The van der Waals surface area contributed by atoms with Gasteiger partial charge in [0.1, 0.15) is 6.10 Å². The molecular weight excluding hydrogens is 522 g/mol. The number of unbranched alkanes of at least 4 members (excludes halogenated alkanes) is 26. The fourth-order valence-electron chi connectivity index (χ4n) is 5.95. The molecule has 0 bridgehead atoms. The highest BCUT2D eigenvalue weighted by Crippen LogP contribution is 2.16. The van der Waals surface area contributed by atoms with E-state index in [1.54, 1.807) is 0 Å². The van der Waals surface area contributed by atoms with Gasteiger partial charge in [-0.3, -0.25) is 4.79 Å². The van der Waals surface area contributed by atoms with Crippen molar-refractivity contribution in [3.63, 3.8) is 0 Å². The Morgan fingerprint density at radius 3 is 1.07 bits per heavy atom. The third-order valence-electron chi connectivity index (χ3n) is 8.98. The molecule has 1 amide bonds. The highest BCUT2D eigenvalue weighted by Gasteiger charge is 2.23. The van der Waals surface area contributed by atoms with Crippen molar-refractivity contribution in [1.82, 2.24) is 5.32 Å². The number of aliphatic hydroxyl groups excluding tert-OH is 3. The van der Waals surface area contributed by atoms with Gasteiger partial charge < -0.3 is 20.6 Å². The molecule has 0 aromatic rings. The maximum Gasteiger partial charge on any atom is 0.249 e. The molecule has 3 unspecified atom stereocenters. The Morgan fingerprint density at radius 1 is 0.476 bits per heavy atom. The average molecular weight is 598 g/mol. The van der Waals surface area contributed by atoms with Gasteiger partial charge in [0, 0.05) is 0 Å². The normalized spacial score (nSPS) is 13.7. The number of amides is 1. The van der Waals surface area contributed by atoms with E-state index >= 15 is 0 Å². The van der Waals surface area contributed by atoms with Gasteiger partial charge in [0.05, 0.1) is 18.8 Å². The van der Waals surface area contributed by atoms with E-state index in [1.807, 2.05) is 0 Å². The molecule has 0 saturated heterocycles. The summed E-state index contributed by atoms with van der Waals surface area (Å²) in [6.07, 6.45) is 35.1. The molecule has 0 aliphatic carbocycles. The highest BCUT2D eigenvalue weighted by atomic mass is 16.3. The van der Waals surface area contributed by atoms with E-state index in [1.165, 1.54) is 148 Å². The molecular formula is C37H75NO4. The maximum atomic E-state index is 12.4. The van der Waals surface area contributed by atoms with Crippen LogP contribution in [0.15, 0.2) is 0 Å². The Hall–Kier alpha value is -0.650. The number of nitrogens with one attached hydrogen (secondary N) is 1. The molecule has 0 rings (SSSR count). The van der Waals surface area contributed by atoms with Gasteiger partial charge in [-0.2, -0.15) is 0 Å². The monoisotopic (exact) mass is 598 g/mol. The lowest BCUT2D eigenvalue weighted by molar-refractivity contribution is -0.131. The second kappa shape index (κ2) is 33.2. The summed E-state index contributed by atoms with van der Waals surface area (Å²) in [5.74, 6) is -0.469. The predicted molar refractivity (Wildman–Crippen MR) is 181 cm³/mol. The molecule has 0 aromatic heterocycles. The minimum atomic E-state index is -1.07. The topological polar surface area (TPSA) is 89.8 Å². The summed E-state index contributed by atoms with van der Waals surface area (Å²) in [5, 5.41) is 33.1. The molecule has 0 spiro atoms. The van der Waals surface area contributed by atoms with Crippen molar-refractivity contribution < 1.29 is 20.1 Å². The van der Waals surface area contributed by atoms with Crippen LogP contribution in [-0.4, -0.2) is 46.1 Å². The van der Waals surface area contributed by atoms with Crippen molar-refractivity contribution in [2.75, 3.05) is 6.61 Å². The van der Waals surface area contributed by atoms with Crippen LogP contribution in [0, 0.1) is 0 Å². The maximum absolute atomic E-state index is 12.4. The van der Waals surface area contributed by atoms with Crippen LogP contribution in [0.5, 0.6) is 0 Å². The van der Waals surface area contributed by atoms with Gasteiger partial charge >= 0.3 is 0 Å². The Morgan fingerprint density at radius 2 is 0.762 bits per heavy atom. The minimum Gasteiger partial charge on any atom is -0.394 e. The van der Waals surface area contributed by atoms with Gasteiger partial charge in [0.2, 0.25) is 5.91 Å². The number of aliphatic hydroxyl groups is 3. The second-order valence-corrected chi connectivity index (χ2v) is 13.2. The first-order chi connectivity index (χ1) is 20.6. The molecule has 5 nitrogen and oxygen atoms in total. The standard InChI is InChI=1S/C37H75NO4/c1-3-5-7-9-11-13-15-17-19-21-23-25-27-29-31-35(40)34(33-39)38-37(42)36(41)32-30-28-26-24-22-20-18-16-14-12-10-8-6-4-2/h34-36,39-41H,3-33H2,1-2H3,(H,38,42). The number of hydrogen-bond acceptors (Lipinski definition) is 4. The first kappa shape index (κ1) is 41.4. The zero-order chi connectivity index (χ0) is 30.9. The fourth-order valence-corrected chi connectivity index (χ4v) is 5.95. The van der Waals surface area contributed by atoms with Gasteiger partial charge in [0.15, 0.2) is 0 Å². The molecule has 42 heavy (non-hydrogen) atoms. The Balaban J connectivity index is 3.65. The lowest BCUT2D eigenvalue weighted by atomic mass is 10.0. The van der Waals surface area contributed by atoms with Crippen LogP contribution in [0.2, 0.25) is 0 Å². The van der Waals surface area contributed by atoms with E-state index in [0.717, 1.165) is 32.1 Å². The molecule has 5 heteroatoms. The van der Waals surface area contributed by atoms with Crippen LogP contribution in [0.4, 0.5) is 0 Å². The number of carbonyl (C=O) groups excluding carboxylic acids is 1.